The van der Waals surface area contributed by atoms with E-state index in [1.165, 1.54) is 31.5 Å². The molecule has 5 heteroatoms. The van der Waals surface area contributed by atoms with Gasteiger partial charge in [-0.3, -0.25) is 9.69 Å². The highest BCUT2D eigenvalue weighted by Gasteiger charge is 2.27. The largest absolute Gasteiger partial charge is 0.478 e. The molecular weight excluding hydrogens is 268 g/mol. The molecule has 0 aromatic heterocycles. The van der Waals surface area contributed by atoms with E-state index in [0.29, 0.717) is 5.56 Å². The molecule has 0 radical (unpaired) electrons. The third-order valence-corrected chi connectivity index (χ3v) is 4.25. The number of aromatic carboxylic acids is 1. The van der Waals surface area contributed by atoms with Crippen molar-refractivity contribution in [3.05, 3.63) is 35.4 Å². The zero-order valence-corrected chi connectivity index (χ0v) is 12.0. The molecule has 5 nitrogen and oxygen atoms in total. The van der Waals surface area contributed by atoms with Crippen LogP contribution in [-0.4, -0.2) is 59.5 Å². The Morgan fingerprint density at radius 1 is 1.00 bits per heavy atom. The Labute approximate surface area is 124 Å². The van der Waals surface area contributed by atoms with Crippen molar-refractivity contribution >= 4 is 11.9 Å². The molecular formula is C16H20N2O3. The van der Waals surface area contributed by atoms with Crippen molar-refractivity contribution in [2.45, 2.75) is 12.8 Å². The predicted octanol–water partition coefficient (Wildman–Crippen LogP) is 1.55. The smallest absolute Gasteiger partial charge is 0.335 e. The van der Waals surface area contributed by atoms with Crippen molar-refractivity contribution in [2.24, 2.45) is 5.92 Å². The first kappa shape index (κ1) is 14.1. The lowest BCUT2D eigenvalue weighted by Gasteiger charge is -2.34. The predicted molar refractivity (Wildman–Crippen MR) is 78.5 cm³/mol. The van der Waals surface area contributed by atoms with Gasteiger partial charge in [-0.15, -0.1) is 0 Å². The molecule has 21 heavy (non-hydrogen) atoms. The van der Waals surface area contributed by atoms with Gasteiger partial charge in [-0.05, 0) is 43.0 Å². The summed E-state index contributed by atoms with van der Waals surface area (Å²) in [5, 5.41) is 8.87. The summed E-state index contributed by atoms with van der Waals surface area (Å²) in [7, 11) is 0. The molecule has 1 heterocycles. The van der Waals surface area contributed by atoms with E-state index >= 15 is 0 Å². The van der Waals surface area contributed by atoms with Gasteiger partial charge in [0.1, 0.15) is 0 Å². The van der Waals surface area contributed by atoms with Gasteiger partial charge in [-0.1, -0.05) is 0 Å². The first-order chi connectivity index (χ1) is 10.1. The number of benzene rings is 1. The van der Waals surface area contributed by atoms with E-state index in [0.717, 1.165) is 32.1 Å². The van der Waals surface area contributed by atoms with Crippen LogP contribution in [0.3, 0.4) is 0 Å². The highest BCUT2D eigenvalue weighted by Crippen LogP contribution is 2.29. The summed E-state index contributed by atoms with van der Waals surface area (Å²) in [6.07, 6.45) is 2.71. The van der Waals surface area contributed by atoms with Crippen LogP contribution in [0.25, 0.3) is 0 Å². The van der Waals surface area contributed by atoms with E-state index in [4.69, 9.17) is 5.11 Å². The summed E-state index contributed by atoms with van der Waals surface area (Å²) in [6.45, 7) is 4.57. The minimum Gasteiger partial charge on any atom is -0.478 e. The lowest BCUT2D eigenvalue weighted by molar-refractivity contribution is 0.0629. The van der Waals surface area contributed by atoms with Gasteiger partial charge in [0, 0.05) is 38.3 Å². The fourth-order valence-corrected chi connectivity index (χ4v) is 2.74. The minimum absolute atomic E-state index is 0.00184. The standard InChI is InChI=1S/C16H20N2O3/c19-15(13-3-5-14(6-4-13)16(20)21)18-9-7-17(8-10-18)11-12-1-2-12/h3-6,12H,1-2,7-11H2,(H,20,21). The highest BCUT2D eigenvalue weighted by molar-refractivity contribution is 5.96. The second-order valence-corrected chi connectivity index (χ2v) is 5.92. The van der Waals surface area contributed by atoms with Gasteiger partial charge in [-0.25, -0.2) is 4.79 Å². The number of hydrogen-bond acceptors (Lipinski definition) is 3. The maximum Gasteiger partial charge on any atom is 0.335 e. The highest BCUT2D eigenvalue weighted by atomic mass is 16.4. The third-order valence-electron chi connectivity index (χ3n) is 4.25. The summed E-state index contributed by atoms with van der Waals surface area (Å²) in [5.74, 6) is -0.0866. The normalized spacial score (nSPS) is 19.5. The van der Waals surface area contributed by atoms with Crippen LogP contribution in [0, 0.1) is 5.92 Å². The molecule has 0 bridgehead atoms. The van der Waals surface area contributed by atoms with Gasteiger partial charge < -0.3 is 10.0 Å². The number of hydrogen-bond donors (Lipinski definition) is 1. The SMILES string of the molecule is O=C(O)c1ccc(C(=O)N2CCN(CC3CC3)CC2)cc1. The van der Waals surface area contributed by atoms with Crippen LogP contribution in [0.15, 0.2) is 24.3 Å². The van der Waals surface area contributed by atoms with Crippen molar-refractivity contribution in [2.75, 3.05) is 32.7 Å². The fourth-order valence-electron chi connectivity index (χ4n) is 2.74. The van der Waals surface area contributed by atoms with Gasteiger partial charge in [0.05, 0.1) is 5.56 Å². The van der Waals surface area contributed by atoms with Gasteiger partial charge in [0.25, 0.3) is 5.91 Å². The monoisotopic (exact) mass is 288 g/mol. The average Bonchev–Trinajstić information content (AvgIpc) is 3.31. The van der Waals surface area contributed by atoms with Crippen LogP contribution < -0.4 is 0 Å². The number of piperazine rings is 1. The van der Waals surface area contributed by atoms with E-state index in [1.54, 1.807) is 12.1 Å². The molecule has 0 spiro atoms. The first-order valence-electron chi connectivity index (χ1n) is 7.48. The van der Waals surface area contributed by atoms with Gasteiger partial charge >= 0.3 is 5.97 Å². The van der Waals surface area contributed by atoms with Crippen LogP contribution >= 0.6 is 0 Å². The molecule has 2 aliphatic rings. The molecule has 1 N–H and O–H groups in total. The summed E-state index contributed by atoms with van der Waals surface area (Å²) < 4.78 is 0. The molecule has 1 aliphatic carbocycles. The van der Waals surface area contributed by atoms with Crippen molar-refractivity contribution in [3.8, 4) is 0 Å². The van der Waals surface area contributed by atoms with Crippen molar-refractivity contribution in [1.82, 2.24) is 9.80 Å². The topological polar surface area (TPSA) is 60.9 Å². The van der Waals surface area contributed by atoms with Crippen molar-refractivity contribution < 1.29 is 14.7 Å². The van der Waals surface area contributed by atoms with Gasteiger partial charge in [0.2, 0.25) is 0 Å². The molecule has 1 aliphatic heterocycles. The summed E-state index contributed by atoms with van der Waals surface area (Å²) in [5.41, 5.74) is 0.774. The molecule has 1 saturated carbocycles. The molecule has 2 fully saturated rings. The Morgan fingerprint density at radius 3 is 2.10 bits per heavy atom. The molecule has 112 valence electrons. The van der Waals surface area contributed by atoms with Gasteiger partial charge in [0.15, 0.2) is 0 Å². The van der Waals surface area contributed by atoms with Crippen LogP contribution in [0.2, 0.25) is 0 Å². The number of carboxylic acids is 1. The molecule has 3 rings (SSSR count). The number of nitrogens with zero attached hydrogens (tertiary/aromatic N) is 2. The molecule has 1 aromatic rings. The maximum absolute atomic E-state index is 12.4. The van der Waals surface area contributed by atoms with Crippen LogP contribution in [-0.2, 0) is 0 Å². The van der Waals surface area contributed by atoms with E-state index in [1.807, 2.05) is 4.90 Å². The first-order valence-corrected chi connectivity index (χ1v) is 7.48. The second-order valence-electron chi connectivity index (χ2n) is 5.92. The van der Waals surface area contributed by atoms with Crippen LogP contribution in [0.4, 0.5) is 0 Å². The number of carbonyl (C=O) groups is 2. The van der Waals surface area contributed by atoms with Crippen LogP contribution in [0.5, 0.6) is 0 Å². The lowest BCUT2D eigenvalue weighted by atomic mass is 10.1. The van der Waals surface area contributed by atoms with E-state index in [-0.39, 0.29) is 11.5 Å². The molecule has 0 unspecified atom stereocenters. The van der Waals surface area contributed by atoms with Crippen molar-refractivity contribution in [3.63, 3.8) is 0 Å². The quantitative estimate of drug-likeness (QED) is 0.913. The minimum atomic E-state index is -0.970. The number of carbonyl (C=O) groups excluding carboxylic acids is 1. The number of amides is 1. The summed E-state index contributed by atoms with van der Waals surface area (Å²) >= 11 is 0. The Morgan fingerprint density at radius 2 is 1.57 bits per heavy atom. The zero-order chi connectivity index (χ0) is 14.8. The maximum atomic E-state index is 12.4. The molecule has 0 atom stereocenters. The van der Waals surface area contributed by atoms with Crippen molar-refractivity contribution in [1.29, 1.82) is 0 Å². The molecule has 1 aromatic carbocycles. The Balaban J connectivity index is 1.56. The fraction of sp³-hybridized carbons (Fsp3) is 0.500. The molecule has 1 amide bonds. The van der Waals surface area contributed by atoms with Gasteiger partial charge in [-0.2, -0.15) is 0 Å². The van der Waals surface area contributed by atoms with E-state index in [9.17, 15) is 9.59 Å². The summed E-state index contributed by atoms with van der Waals surface area (Å²) in [4.78, 5) is 27.5. The van der Waals surface area contributed by atoms with E-state index in [2.05, 4.69) is 4.90 Å². The zero-order valence-electron chi connectivity index (χ0n) is 12.0. The second kappa shape index (κ2) is 5.85. The Bertz CT molecular complexity index is 529. The third kappa shape index (κ3) is 3.42. The lowest BCUT2D eigenvalue weighted by Crippen LogP contribution is -2.49. The summed E-state index contributed by atoms with van der Waals surface area (Å²) in [6, 6.07) is 6.17. The van der Waals surface area contributed by atoms with Crippen LogP contribution in [0.1, 0.15) is 33.6 Å². The number of carboxylic acid groups (broad SMARTS) is 1. The van der Waals surface area contributed by atoms with E-state index < -0.39 is 5.97 Å². The molecule has 1 saturated heterocycles. The Hall–Kier alpha value is -1.88. The number of rotatable bonds is 4. The average molecular weight is 288 g/mol. The Kier molecular flexibility index (Phi) is 3.92.